The third kappa shape index (κ3) is 2.52. The average molecular weight is 190 g/mol. The number of nitrogens with two attached hydrogens (primary N) is 1. The van der Waals surface area contributed by atoms with Crippen LogP contribution in [-0.2, 0) is 0 Å². The summed E-state index contributed by atoms with van der Waals surface area (Å²) in [6.45, 7) is 0.575. The highest BCUT2D eigenvalue weighted by atomic mass is 35.5. The van der Waals surface area contributed by atoms with Crippen molar-refractivity contribution in [2.75, 3.05) is 6.54 Å². The summed E-state index contributed by atoms with van der Waals surface area (Å²) in [5.74, 6) is 0.508. The summed E-state index contributed by atoms with van der Waals surface area (Å²) in [4.78, 5) is 0. The first-order valence-corrected chi connectivity index (χ1v) is 4.24. The molecular weight excluding hydrogens is 178 g/mol. The lowest BCUT2D eigenvalue weighted by Crippen LogP contribution is -2.02. The largest absolute Gasteiger partial charge is 0.465 e. The Morgan fingerprint density at radius 3 is 2.92 bits per heavy atom. The summed E-state index contributed by atoms with van der Waals surface area (Å²) >= 11 is 5.61. The van der Waals surface area contributed by atoms with Crippen molar-refractivity contribution < 1.29 is 9.52 Å². The van der Waals surface area contributed by atoms with Gasteiger partial charge in [0.25, 0.3) is 0 Å². The molecule has 4 heteroatoms. The average Bonchev–Trinajstić information content (AvgIpc) is 2.47. The van der Waals surface area contributed by atoms with Crippen LogP contribution in [0.4, 0.5) is 0 Å². The Balaban J connectivity index is 2.47. The van der Waals surface area contributed by atoms with Crippen LogP contribution in [0.3, 0.4) is 0 Å². The third-order valence-corrected chi connectivity index (χ3v) is 1.80. The fourth-order valence-corrected chi connectivity index (χ4v) is 1.11. The molecule has 3 nitrogen and oxygen atoms in total. The quantitative estimate of drug-likeness (QED) is 0.758. The van der Waals surface area contributed by atoms with Gasteiger partial charge >= 0.3 is 0 Å². The molecule has 1 aromatic heterocycles. The van der Waals surface area contributed by atoms with E-state index in [1.54, 1.807) is 6.07 Å². The predicted molar refractivity (Wildman–Crippen MR) is 47.0 cm³/mol. The van der Waals surface area contributed by atoms with Gasteiger partial charge in [-0.25, -0.2) is 0 Å². The van der Waals surface area contributed by atoms with E-state index in [2.05, 4.69) is 0 Å². The molecular formula is C8H12ClNO2. The molecule has 0 saturated carbocycles. The summed E-state index contributed by atoms with van der Waals surface area (Å²) < 4.78 is 5.00. The first kappa shape index (κ1) is 9.58. The summed E-state index contributed by atoms with van der Waals surface area (Å²) in [6.07, 6.45) is 2.21. The van der Waals surface area contributed by atoms with E-state index in [1.165, 1.54) is 6.26 Å². The van der Waals surface area contributed by atoms with Crippen molar-refractivity contribution in [1.29, 1.82) is 0 Å². The Kier molecular flexibility index (Phi) is 3.59. The van der Waals surface area contributed by atoms with Crippen molar-refractivity contribution in [3.05, 3.63) is 23.1 Å². The van der Waals surface area contributed by atoms with E-state index in [1.807, 2.05) is 0 Å². The molecule has 0 radical (unpaired) electrons. The van der Waals surface area contributed by atoms with Crippen LogP contribution in [0, 0.1) is 0 Å². The topological polar surface area (TPSA) is 59.4 Å². The molecule has 0 aliphatic rings. The van der Waals surface area contributed by atoms with Crippen LogP contribution in [0.25, 0.3) is 0 Å². The third-order valence-electron chi connectivity index (χ3n) is 1.60. The zero-order chi connectivity index (χ0) is 8.97. The van der Waals surface area contributed by atoms with Crippen LogP contribution in [0.2, 0.25) is 5.02 Å². The normalized spacial score (nSPS) is 13.2. The summed E-state index contributed by atoms with van der Waals surface area (Å²) in [5.41, 5.74) is 5.29. The lowest BCUT2D eigenvalue weighted by atomic mass is 10.1. The molecule has 1 heterocycles. The van der Waals surface area contributed by atoms with Crippen molar-refractivity contribution in [3.8, 4) is 0 Å². The molecule has 1 aromatic rings. The monoisotopic (exact) mass is 189 g/mol. The van der Waals surface area contributed by atoms with E-state index >= 15 is 0 Å². The van der Waals surface area contributed by atoms with Crippen molar-refractivity contribution in [3.63, 3.8) is 0 Å². The number of hydrogen-bond acceptors (Lipinski definition) is 3. The second-order valence-corrected chi connectivity index (χ2v) is 3.05. The minimum absolute atomic E-state index is 0.508. The van der Waals surface area contributed by atoms with Crippen LogP contribution in [0.15, 0.2) is 16.7 Å². The zero-order valence-corrected chi connectivity index (χ0v) is 7.42. The van der Waals surface area contributed by atoms with Gasteiger partial charge in [-0.2, -0.15) is 0 Å². The minimum Gasteiger partial charge on any atom is -0.465 e. The van der Waals surface area contributed by atoms with Gasteiger partial charge in [0.05, 0.1) is 5.02 Å². The van der Waals surface area contributed by atoms with Gasteiger partial charge in [-0.05, 0) is 19.4 Å². The number of furan rings is 1. The van der Waals surface area contributed by atoms with E-state index < -0.39 is 6.10 Å². The molecule has 68 valence electrons. The van der Waals surface area contributed by atoms with Gasteiger partial charge in [-0.15, -0.1) is 0 Å². The van der Waals surface area contributed by atoms with Gasteiger partial charge in [0.2, 0.25) is 0 Å². The maximum atomic E-state index is 9.46. The van der Waals surface area contributed by atoms with E-state index in [0.29, 0.717) is 23.7 Å². The molecule has 1 atom stereocenters. The number of halogens is 1. The Hall–Kier alpha value is -0.510. The van der Waals surface area contributed by atoms with Gasteiger partial charge in [0.1, 0.15) is 18.1 Å². The summed E-state index contributed by atoms with van der Waals surface area (Å²) in [5, 5.41) is 9.97. The highest BCUT2D eigenvalue weighted by Crippen LogP contribution is 2.22. The van der Waals surface area contributed by atoms with Gasteiger partial charge < -0.3 is 15.3 Å². The predicted octanol–water partition coefficient (Wildman–Crippen LogP) is 1.71. The van der Waals surface area contributed by atoms with Crippen molar-refractivity contribution in [2.24, 2.45) is 5.73 Å². The zero-order valence-electron chi connectivity index (χ0n) is 6.66. The molecule has 0 aliphatic carbocycles. The molecule has 1 rings (SSSR count). The number of hydrogen-bond donors (Lipinski definition) is 2. The van der Waals surface area contributed by atoms with Gasteiger partial charge in [0, 0.05) is 6.07 Å². The van der Waals surface area contributed by atoms with E-state index in [-0.39, 0.29) is 0 Å². The maximum Gasteiger partial charge on any atom is 0.133 e. The first-order chi connectivity index (χ1) is 5.74. The fourth-order valence-electron chi connectivity index (χ4n) is 0.956. The Morgan fingerprint density at radius 2 is 2.42 bits per heavy atom. The standard InChI is InChI=1S/C8H12ClNO2/c9-6-4-8(12-5-6)7(11)2-1-3-10/h4-5,7,11H,1-3,10H2. The molecule has 3 N–H and O–H groups in total. The molecule has 0 amide bonds. The Labute approximate surface area is 76.1 Å². The van der Waals surface area contributed by atoms with Gasteiger partial charge in [-0.1, -0.05) is 11.6 Å². The van der Waals surface area contributed by atoms with Crippen LogP contribution >= 0.6 is 11.6 Å². The highest BCUT2D eigenvalue weighted by molar-refractivity contribution is 6.30. The van der Waals surface area contributed by atoms with Crippen molar-refractivity contribution in [2.45, 2.75) is 18.9 Å². The maximum absolute atomic E-state index is 9.46. The van der Waals surface area contributed by atoms with E-state index in [4.69, 9.17) is 21.8 Å². The Bertz CT molecular complexity index is 237. The lowest BCUT2D eigenvalue weighted by molar-refractivity contribution is 0.138. The van der Waals surface area contributed by atoms with Crippen molar-refractivity contribution >= 4 is 11.6 Å². The highest BCUT2D eigenvalue weighted by Gasteiger charge is 2.10. The molecule has 0 aliphatic heterocycles. The lowest BCUT2D eigenvalue weighted by Gasteiger charge is -2.04. The number of aliphatic hydroxyl groups excluding tert-OH is 1. The number of rotatable bonds is 4. The fraction of sp³-hybridized carbons (Fsp3) is 0.500. The van der Waals surface area contributed by atoms with E-state index in [0.717, 1.165) is 6.42 Å². The van der Waals surface area contributed by atoms with Crippen LogP contribution in [0.5, 0.6) is 0 Å². The Morgan fingerprint density at radius 1 is 1.67 bits per heavy atom. The van der Waals surface area contributed by atoms with E-state index in [9.17, 15) is 5.11 Å². The second-order valence-electron chi connectivity index (χ2n) is 2.61. The van der Waals surface area contributed by atoms with Gasteiger partial charge in [-0.3, -0.25) is 0 Å². The van der Waals surface area contributed by atoms with Crippen LogP contribution in [-0.4, -0.2) is 11.7 Å². The van der Waals surface area contributed by atoms with Crippen LogP contribution in [0.1, 0.15) is 24.7 Å². The van der Waals surface area contributed by atoms with Crippen molar-refractivity contribution in [1.82, 2.24) is 0 Å². The van der Waals surface area contributed by atoms with Crippen LogP contribution < -0.4 is 5.73 Å². The molecule has 0 saturated heterocycles. The SMILES string of the molecule is NCCCC(O)c1cc(Cl)co1. The molecule has 0 aromatic carbocycles. The molecule has 12 heavy (non-hydrogen) atoms. The second kappa shape index (κ2) is 4.50. The molecule has 0 fully saturated rings. The summed E-state index contributed by atoms with van der Waals surface area (Å²) in [7, 11) is 0. The summed E-state index contributed by atoms with van der Waals surface area (Å²) in [6, 6.07) is 1.61. The molecule has 0 spiro atoms. The smallest absolute Gasteiger partial charge is 0.133 e. The minimum atomic E-state index is -0.582. The molecule has 0 bridgehead atoms. The first-order valence-electron chi connectivity index (χ1n) is 3.86. The number of aliphatic hydroxyl groups is 1. The van der Waals surface area contributed by atoms with Gasteiger partial charge in [0.15, 0.2) is 0 Å². The molecule has 1 unspecified atom stereocenters.